The molecule has 18 heavy (non-hydrogen) atoms. The summed E-state index contributed by atoms with van der Waals surface area (Å²) < 4.78 is 0. The Labute approximate surface area is 117 Å². The maximum Gasteiger partial charge on any atom is 0.209 e. The summed E-state index contributed by atoms with van der Waals surface area (Å²) in [5.74, 6) is 0. The number of hydrogen-bond donors (Lipinski definition) is 1. The molecule has 0 unspecified atom stereocenters. The molecule has 0 radical (unpaired) electrons. The van der Waals surface area contributed by atoms with Gasteiger partial charge in [0.05, 0.1) is 0 Å². The van der Waals surface area contributed by atoms with Gasteiger partial charge in [-0.15, -0.1) is 0 Å². The number of halogens is 1. The largest absolute Gasteiger partial charge is 0.345 e. The molecular formula is C12H14ClN3OS. The summed E-state index contributed by atoms with van der Waals surface area (Å²) >= 11 is 11.2. The standard InChI is InChI=1S/C12H14ClN3OS/c13-10-1-3-11(4-2-10)14-12(18)16-7-5-15(9-17)6-8-16/h1-4,9H,5-8H2,(H,14,18). The fourth-order valence-corrected chi connectivity index (χ4v) is 2.19. The van der Waals surface area contributed by atoms with Crippen molar-refractivity contribution in [2.45, 2.75) is 0 Å². The Kier molecular flexibility index (Phi) is 4.38. The molecule has 0 atom stereocenters. The molecule has 1 aromatic rings. The Morgan fingerprint density at radius 2 is 1.83 bits per heavy atom. The first kappa shape index (κ1) is 13.1. The Bertz CT molecular complexity index is 429. The second-order valence-electron chi connectivity index (χ2n) is 4.07. The SMILES string of the molecule is O=CN1CCN(C(=S)Nc2ccc(Cl)cc2)CC1. The third kappa shape index (κ3) is 3.34. The second-order valence-corrected chi connectivity index (χ2v) is 4.89. The minimum absolute atomic E-state index is 0.683. The van der Waals surface area contributed by atoms with Crippen molar-refractivity contribution in [1.82, 2.24) is 9.80 Å². The summed E-state index contributed by atoms with van der Waals surface area (Å²) in [6.07, 6.45) is 0.882. The number of piperazine rings is 1. The number of nitrogens with zero attached hydrogens (tertiary/aromatic N) is 2. The van der Waals surface area contributed by atoms with Crippen LogP contribution in [0.25, 0.3) is 0 Å². The van der Waals surface area contributed by atoms with E-state index in [4.69, 9.17) is 23.8 Å². The topological polar surface area (TPSA) is 35.6 Å². The maximum atomic E-state index is 10.6. The van der Waals surface area contributed by atoms with Crippen LogP contribution in [-0.2, 0) is 4.79 Å². The van der Waals surface area contributed by atoms with Crippen LogP contribution in [0.15, 0.2) is 24.3 Å². The summed E-state index contributed by atoms with van der Waals surface area (Å²) in [5, 5.41) is 4.55. The summed E-state index contributed by atoms with van der Waals surface area (Å²) in [5.41, 5.74) is 0.919. The summed E-state index contributed by atoms with van der Waals surface area (Å²) in [6.45, 7) is 2.95. The van der Waals surface area contributed by atoms with E-state index in [0.29, 0.717) is 23.2 Å². The molecule has 2 rings (SSSR count). The third-order valence-electron chi connectivity index (χ3n) is 2.85. The van der Waals surface area contributed by atoms with Gasteiger partial charge in [-0.2, -0.15) is 0 Å². The molecule has 0 saturated carbocycles. The van der Waals surface area contributed by atoms with E-state index >= 15 is 0 Å². The van der Waals surface area contributed by atoms with Crippen LogP contribution in [0.2, 0.25) is 5.02 Å². The van der Waals surface area contributed by atoms with Gasteiger partial charge in [0.15, 0.2) is 5.11 Å². The van der Waals surface area contributed by atoms with Gasteiger partial charge in [0.1, 0.15) is 0 Å². The molecule has 1 amide bonds. The highest BCUT2D eigenvalue weighted by molar-refractivity contribution is 7.80. The highest BCUT2D eigenvalue weighted by Gasteiger charge is 2.17. The summed E-state index contributed by atoms with van der Waals surface area (Å²) in [4.78, 5) is 14.4. The van der Waals surface area contributed by atoms with E-state index in [2.05, 4.69) is 10.2 Å². The van der Waals surface area contributed by atoms with E-state index in [1.54, 1.807) is 4.90 Å². The van der Waals surface area contributed by atoms with E-state index in [1.165, 1.54) is 0 Å². The first-order chi connectivity index (χ1) is 8.69. The van der Waals surface area contributed by atoms with Crippen molar-refractivity contribution in [3.8, 4) is 0 Å². The smallest absolute Gasteiger partial charge is 0.209 e. The van der Waals surface area contributed by atoms with Crippen LogP contribution in [0, 0.1) is 0 Å². The van der Waals surface area contributed by atoms with Crippen molar-refractivity contribution in [1.29, 1.82) is 0 Å². The Morgan fingerprint density at radius 1 is 1.22 bits per heavy atom. The Balaban J connectivity index is 1.88. The molecule has 0 bridgehead atoms. The van der Waals surface area contributed by atoms with Crippen LogP contribution in [0.4, 0.5) is 5.69 Å². The van der Waals surface area contributed by atoms with Gasteiger partial charge in [-0.05, 0) is 36.5 Å². The average Bonchev–Trinajstić information content (AvgIpc) is 2.41. The highest BCUT2D eigenvalue weighted by Crippen LogP contribution is 2.14. The number of nitrogens with one attached hydrogen (secondary N) is 1. The molecule has 1 fully saturated rings. The molecule has 0 aliphatic carbocycles. The Morgan fingerprint density at radius 3 is 2.39 bits per heavy atom. The molecule has 1 aliphatic rings. The van der Waals surface area contributed by atoms with Gasteiger partial charge in [0.2, 0.25) is 6.41 Å². The van der Waals surface area contributed by atoms with Gasteiger partial charge in [0, 0.05) is 36.9 Å². The van der Waals surface area contributed by atoms with Crippen molar-refractivity contribution in [2.24, 2.45) is 0 Å². The van der Waals surface area contributed by atoms with E-state index < -0.39 is 0 Å². The van der Waals surface area contributed by atoms with E-state index in [-0.39, 0.29) is 0 Å². The van der Waals surface area contributed by atoms with Crippen LogP contribution < -0.4 is 5.32 Å². The zero-order chi connectivity index (χ0) is 13.0. The fourth-order valence-electron chi connectivity index (χ4n) is 1.77. The minimum Gasteiger partial charge on any atom is -0.345 e. The van der Waals surface area contributed by atoms with Crippen LogP contribution in [0.3, 0.4) is 0 Å². The molecule has 4 nitrogen and oxygen atoms in total. The predicted octanol–water partition coefficient (Wildman–Crippen LogP) is 1.81. The van der Waals surface area contributed by atoms with Crippen LogP contribution >= 0.6 is 23.8 Å². The normalized spacial score (nSPS) is 15.4. The van der Waals surface area contributed by atoms with Crippen molar-refractivity contribution in [2.75, 3.05) is 31.5 Å². The molecule has 1 aromatic carbocycles. The number of carbonyl (C=O) groups is 1. The van der Waals surface area contributed by atoms with Gasteiger partial charge >= 0.3 is 0 Å². The lowest BCUT2D eigenvalue weighted by atomic mass is 10.3. The monoisotopic (exact) mass is 283 g/mol. The van der Waals surface area contributed by atoms with Crippen molar-refractivity contribution in [3.05, 3.63) is 29.3 Å². The lowest BCUT2D eigenvalue weighted by molar-refractivity contribution is -0.119. The number of rotatable bonds is 2. The summed E-state index contributed by atoms with van der Waals surface area (Å²) in [6, 6.07) is 7.40. The van der Waals surface area contributed by atoms with Crippen molar-refractivity contribution in [3.63, 3.8) is 0 Å². The molecule has 1 saturated heterocycles. The van der Waals surface area contributed by atoms with Gasteiger partial charge in [0.25, 0.3) is 0 Å². The number of carbonyl (C=O) groups excluding carboxylic acids is 1. The minimum atomic E-state index is 0.683. The highest BCUT2D eigenvalue weighted by atomic mass is 35.5. The zero-order valence-electron chi connectivity index (χ0n) is 9.80. The first-order valence-electron chi connectivity index (χ1n) is 5.70. The molecule has 0 spiro atoms. The number of amides is 1. The third-order valence-corrected chi connectivity index (χ3v) is 3.46. The van der Waals surface area contributed by atoms with E-state index in [0.717, 1.165) is 25.2 Å². The number of anilines is 1. The van der Waals surface area contributed by atoms with Gasteiger partial charge in [-0.25, -0.2) is 0 Å². The van der Waals surface area contributed by atoms with Gasteiger partial charge < -0.3 is 15.1 Å². The molecule has 1 N–H and O–H groups in total. The quantitative estimate of drug-likeness (QED) is 0.663. The number of benzene rings is 1. The predicted molar refractivity (Wildman–Crippen MR) is 76.9 cm³/mol. The van der Waals surface area contributed by atoms with Crippen LogP contribution in [-0.4, -0.2) is 47.5 Å². The summed E-state index contributed by atoms with van der Waals surface area (Å²) in [7, 11) is 0. The zero-order valence-corrected chi connectivity index (χ0v) is 11.4. The van der Waals surface area contributed by atoms with Crippen LogP contribution in [0.5, 0.6) is 0 Å². The Hall–Kier alpha value is -1.33. The van der Waals surface area contributed by atoms with E-state index in [9.17, 15) is 4.79 Å². The molecule has 1 heterocycles. The number of hydrogen-bond acceptors (Lipinski definition) is 2. The van der Waals surface area contributed by atoms with Crippen molar-refractivity contribution >= 4 is 41.0 Å². The van der Waals surface area contributed by atoms with Crippen LogP contribution in [0.1, 0.15) is 0 Å². The lowest BCUT2D eigenvalue weighted by Crippen LogP contribution is -2.49. The molecule has 6 heteroatoms. The van der Waals surface area contributed by atoms with E-state index in [1.807, 2.05) is 24.3 Å². The average molecular weight is 284 g/mol. The molecule has 96 valence electrons. The molecule has 0 aromatic heterocycles. The van der Waals surface area contributed by atoms with Gasteiger partial charge in [-0.1, -0.05) is 11.6 Å². The molecule has 1 aliphatic heterocycles. The second kappa shape index (κ2) is 6.02. The lowest BCUT2D eigenvalue weighted by Gasteiger charge is -2.34. The maximum absolute atomic E-state index is 10.6. The molecular weight excluding hydrogens is 270 g/mol. The number of thiocarbonyl (C=S) groups is 1. The van der Waals surface area contributed by atoms with Crippen molar-refractivity contribution < 1.29 is 4.79 Å². The van der Waals surface area contributed by atoms with Gasteiger partial charge in [-0.3, -0.25) is 4.79 Å². The fraction of sp³-hybridized carbons (Fsp3) is 0.333. The first-order valence-corrected chi connectivity index (χ1v) is 6.48.